The molecule has 0 rings (SSSR count). The molecule has 9 heavy (non-hydrogen) atoms. The van der Waals surface area contributed by atoms with Crippen molar-refractivity contribution in [3.05, 3.63) is 6.61 Å². The van der Waals surface area contributed by atoms with Crippen LogP contribution in [0.15, 0.2) is 0 Å². The molecule has 0 aliphatic carbocycles. The van der Waals surface area contributed by atoms with Gasteiger partial charge in [0.25, 0.3) is 0 Å². The van der Waals surface area contributed by atoms with E-state index in [1.807, 2.05) is 0 Å². The second-order valence-corrected chi connectivity index (χ2v) is 1.05. The molecule has 0 saturated carbocycles. The monoisotopic (exact) mass is 143 g/mol. The number of aliphatic carboxylic acids is 1. The van der Waals surface area contributed by atoms with Crippen LogP contribution in [0.4, 0.5) is 0 Å². The van der Waals surface area contributed by atoms with Crippen molar-refractivity contribution >= 4 is 35.5 Å². The van der Waals surface area contributed by atoms with Crippen LogP contribution in [0.2, 0.25) is 0 Å². The summed E-state index contributed by atoms with van der Waals surface area (Å²) in [5.41, 5.74) is 0. The van der Waals surface area contributed by atoms with Crippen molar-refractivity contribution in [2.45, 2.75) is 0 Å². The molecule has 5 heteroatoms. The molecule has 0 amide bonds. The van der Waals surface area contributed by atoms with E-state index in [2.05, 4.69) is 4.74 Å². The molecule has 0 aromatic carbocycles. The van der Waals surface area contributed by atoms with E-state index in [9.17, 15) is 4.79 Å². The Morgan fingerprint density at radius 3 is 2.56 bits per heavy atom. The fourth-order valence-electron chi connectivity index (χ4n) is 0.183. The number of carboxylic acids is 1. The third-order valence-electron chi connectivity index (χ3n) is 0.393. The number of hydrogen-bond donors (Lipinski definition) is 2. The van der Waals surface area contributed by atoms with Crippen molar-refractivity contribution in [2.75, 3.05) is 13.2 Å². The van der Waals surface area contributed by atoms with E-state index in [1.165, 1.54) is 0 Å². The van der Waals surface area contributed by atoms with E-state index in [0.29, 0.717) is 6.61 Å². The van der Waals surface area contributed by atoms with Crippen LogP contribution >= 0.6 is 0 Å². The van der Waals surface area contributed by atoms with Gasteiger partial charge in [-0.3, -0.25) is 0 Å². The molecule has 0 aromatic rings. The van der Waals surface area contributed by atoms with Gasteiger partial charge in [0, 0.05) is 0 Å². The number of rotatable bonds is 4. The minimum absolute atomic E-state index is 0. The van der Waals surface area contributed by atoms with E-state index in [0.717, 1.165) is 0 Å². The molecule has 0 saturated heterocycles. The van der Waals surface area contributed by atoms with Gasteiger partial charge in [-0.2, -0.15) is 0 Å². The van der Waals surface area contributed by atoms with Crippen molar-refractivity contribution in [3.8, 4) is 0 Å². The normalized spacial score (nSPS) is 8.11. The Morgan fingerprint density at radius 2 is 2.22 bits per heavy atom. The first-order valence-electron chi connectivity index (χ1n) is 2.06. The van der Waals surface area contributed by atoms with Gasteiger partial charge in [-0.1, -0.05) is 0 Å². The zero-order valence-electron chi connectivity index (χ0n) is 4.20. The Morgan fingerprint density at radius 1 is 1.67 bits per heavy atom. The second-order valence-electron chi connectivity index (χ2n) is 1.05. The zero-order valence-corrected chi connectivity index (χ0v) is 4.20. The number of aliphatic hydroxyl groups excluding tert-OH is 1. The van der Waals surface area contributed by atoms with E-state index >= 15 is 0 Å². The standard InChI is InChI=1S/C4H7O4.Na.H/c5-1-2-8-3-4(6)7;;/h3,5H,1-2H2,(H,6,7);;. The van der Waals surface area contributed by atoms with Crippen molar-refractivity contribution in [3.63, 3.8) is 0 Å². The molecule has 1 radical (unpaired) electrons. The molecule has 0 bridgehead atoms. The first-order chi connectivity index (χ1) is 3.77. The van der Waals surface area contributed by atoms with Crippen LogP contribution in [0.25, 0.3) is 0 Å². The molecular formula is C4H8NaO4. The van der Waals surface area contributed by atoms with Gasteiger partial charge in [0.1, 0.15) is 0 Å². The van der Waals surface area contributed by atoms with Gasteiger partial charge >= 0.3 is 35.5 Å². The first-order valence-corrected chi connectivity index (χ1v) is 2.06. The Kier molecular flexibility index (Phi) is 11.3. The molecular weight excluding hydrogens is 135 g/mol. The topological polar surface area (TPSA) is 66.8 Å². The van der Waals surface area contributed by atoms with E-state index < -0.39 is 5.97 Å². The van der Waals surface area contributed by atoms with Crippen molar-refractivity contribution < 1.29 is 19.7 Å². The number of carboxylic acid groups (broad SMARTS) is 1. The summed E-state index contributed by atoms with van der Waals surface area (Å²) in [6.45, 7) is 0.506. The van der Waals surface area contributed by atoms with Gasteiger partial charge in [0.15, 0.2) is 6.61 Å². The van der Waals surface area contributed by atoms with Crippen LogP contribution in [0, 0.1) is 6.61 Å². The maximum atomic E-state index is 9.61. The third kappa shape index (κ3) is 11.8. The molecule has 0 spiro atoms. The Bertz CT molecular complexity index is 75.0. The molecule has 0 atom stereocenters. The fourth-order valence-corrected chi connectivity index (χ4v) is 0.183. The van der Waals surface area contributed by atoms with Gasteiger partial charge < -0.3 is 14.9 Å². The van der Waals surface area contributed by atoms with Crippen LogP contribution in [-0.4, -0.2) is 59.0 Å². The van der Waals surface area contributed by atoms with Crippen molar-refractivity contribution in [2.24, 2.45) is 0 Å². The summed E-state index contributed by atoms with van der Waals surface area (Å²) in [6.07, 6.45) is 0. The summed E-state index contributed by atoms with van der Waals surface area (Å²) in [4.78, 5) is 9.61. The van der Waals surface area contributed by atoms with Crippen molar-refractivity contribution in [1.82, 2.24) is 0 Å². The van der Waals surface area contributed by atoms with E-state index in [4.69, 9.17) is 10.2 Å². The van der Waals surface area contributed by atoms with Gasteiger partial charge in [-0.05, 0) is 0 Å². The molecule has 4 nitrogen and oxygen atoms in total. The van der Waals surface area contributed by atoms with Gasteiger partial charge in [0.2, 0.25) is 0 Å². The van der Waals surface area contributed by atoms with Gasteiger partial charge in [-0.15, -0.1) is 0 Å². The van der Waals surface area contributed by atoms with Crippen LogP contribution < -0.4 is 0 Å². The summed E-state index contributed by atoms with van der Waals surface area (Å²) < 4.78 is 4.27. The molecule has 2 N–H and O–H groups in total. The number of ether oxygens (including phenoxy) is 1. The SMILES string of the molecule is O=C(O)[CH]OCCO.[NaH]. The quantitative estimate of drug-likeness (QED) is 0.375. The predicted molar refractivity (Wildman–Crippen MR) is 32.1 cm³/mol. The Labute approximate surface area is 75.1 Å². The third-order valence-corrected chi connectivity index (χ3v) is 0.393. The average molecular weight is 143 g/mol. The van der Waals surface area contributed by atoms with Crippen LogP contribution in [0.5, 0.6) is 0 Å². The zero-order chi connectivity index (χ0) is 6.41. The summed E-state index contributed by atoms with van der Waals surface area (Å²) in [6, 6.07) is 0. The molecule has 0 aromatic heterocycles. The van der Waals surface area contributed by atoms with E-state index in [-0.39, 0.29) is 42.8 Å². The minimum atomic E-state index is -1.14. The van der Waals surface area contributed by atoms with Gasteiger partial charge in [-0.25, -0.2) is 4.79 Å². The van der Waals surface area contributed by atoms with E-state index in [1.54, 1.807) is 0 Å². The molecule has 49 valence electrons. The number of hydrogen-bond acceptors (Lipinski definition) is 3. The Hall–Kier alpha value is 0.390. The number of aliphatic hydroxyl groups is 1. The average Bonchev–Trinajstić information content (AvgIpc) is 1.66. The van der Waals surface area contributed by atoms with Gasteiger partial charge in [0.05, 0.1) is 13.2 Å². The van der Waals surface area contributed by atoms with Crippen LogP contribution in [0.1, 0.15) is 0 Å². The molecule has 0 unspecified atom stereocenters. The predicted octanol–water partition coefficient (Wildman–Crippen LogP) is -1.41. The Balaban J connectivity index is 0. The molecule has 0 heterocycles. The summed E-state index contributed by atoms with van der Waals surface area (Å²) in [7, 11) is 0. The molecule has 0 fully saturated rings. The summed E-state index contributed by atoms with van der Waals surface area (Å²) in [5.74, 6) is -1.14. The molecule has 0 aliphatic rings. The van der Waals surface area contributed by atoms with Crippen LogP contribution in [-0.2, 0) is 9.53 Å². The fraction of sp³-hybridized carbons (Fsp3) is 0.500. The first kappa shape index (κ1) is 12.1. The van der Waals surface area contributed by atoms with Crippen molar-refractivity contribution in [1.29, 1.82) is 0 Å². The second kappa shape index (κ2) is 8.39. The maximum absolute atomic E-state index is 9.61. The molecule has 0 aliphatic heterocycles. The number of carbonyl (C=O) groups is 1. The summed E-state index contributed by atoms with van der Waals surface area (Å²) in [5, 5.41) is 15.9. The van der Waals surface area contributed by atoms with Crippen LogP contribution in [0.3, 0.4) is 0 Å². The summed E-state index contributed by atoms with van der Waals surface area (Å²) >= 11 is 0.